The van der Waals surface area contributed by atoms with E-state index < -0.39 is 12.2 Å². The number of unbranched alkanes of at least 4 members (excludes halogenated alkanes) is 3. The summed E-state index contributed by atoms with van der Waals surface area (Å²) in [5.41, 5.74) is -0.304. The quantitative estimate of drug-likeness (QED) is 0.534. The Morgan fingerprint density at radius 1 is 1.08 bits per heavy atom. The first-order chi connectivity index (χ1) is 12.2. The number of carbonyl (C=O) groups is 1. The highest BCUT2D eigenvalue weighted by Gasteiger charge is 2.37. The Balaban J connectivity index is 1.64. The van der Waals surface area contributed by atoms with Crippen molar-refractivity contribution in [2.24, 2.45) is 5.41 Å². The molecule has 6 heteroatoms. The fourth-order valence-corrected chi connectivity index (χ4v) is 3.78. The predicted octanol–water partition coefficient (Wildman–Crippen LogP) is 1.37. The number of piperidine rings is 1. The lowest BCUT2D eigenvalue weighted by Crippen LogP contribution is -2.53. The fourth-order valence-electron chi connectivity index (χ4n) is 3.78. The van der Waals surface area contributed by atoms with Crippen molar-refractivity contribution in [1.29, 1.82) is 0 Å². The van der Waals surface area contributed by atoms with E-state index in [2.05, 4.69) is 9.80 Å². The minimum atomic E-state index is -0.725. The summed E-state index contributed by atoms with van der Waals surface area (Å²) in [6.45, 7) is 8.12. The number of hydrogen-bond acceptors (Lipinski definition) is 5. The highest BCUT2D eigenvalue weighted by molar-refractivity contribution is 5.82. The van der Waals surface area contributed by atoms with Crippen molar-refractivity contribution in [1.82, 2.24) is 9.80 Å². The minimum Gasteiger partial charge on any atom is -0.395 e. The van der Waals surface area contributed by atoms with Gasteiger partial charge < -0.3 is 20.2 Å². The van der Waals surface area contributed by atoms with Gasteiger partial charge in [-0.25, -0.2) is 0 Å². The molecule has 1 aliphatic heterocycles. The van der Waals surface area contributed by atoms with E-state index in [1.807, 2.05) is 20.8 Å². The molecule has 1 heterocycles. The number of nitrogens with zero attached hydrogens (tertiary/aromatic N) is 2. The average molecular weight is 371 g/mol. The van der Waals surface area contributed by atoms with Gasteiger partial charge in [-0.3, -0.25) is 9.69 Å². The van der Waals surface area contributed by atoms with Crippen LogP contribution < -0.4 is 0 Å². The third-order valence-electron chi connectivity index (χ3n) is 5.59. The highest BCUT2D eigenvalue weighted by Crippen LogP contribution is 2.31. The maximum Gasteiger partial charge on any atom is 0.228 e. The number of carbonyl (C=O) groups excluding carboxylic acids is 1. The first kappa shape index (κ1) is 21.6. The van der Waals surface area contributed by atoms with Crippen LogP contribution in [0, 0.1) is 5.41 Å². The summed E-state index contributed by atoms with van der Waals surface area (Å²) >= 11 is 0. The zero-order valence-corrected chi connectivity index (χ0v) is 16.7. The molecule has 0 aromatic carbocycles. The van der Waals surface area contributed by atoms with E-state index in [1.54, 1.807) is 0 Å². The van der Waals surface area contributed by atoms with Crippen molar-refractivity contribution >= 4 is 5.91 Å². The molecule has 0 radical (unpaired) electrons. The van der Waals surface area contributed by atoms with E-state index >= 15 is 0 Å². The Labute approximate surface area is 158 Å². The standard InChI is InChI=1S/C20H38N2O4/c1-20(2,3)19(26)22(15-8-9-15)11-7-5-4-6-10-21-13-18(25)17(24)12-16(21)14-23/h15-18,23-25H,4-14H2,1-3H3/t16-,17-,18-/m0/s1. The lowest BCUT2D eigenvalue weighted by Gasteiger charge is -2.39. The SMILES string of the molecule is CC(C)(C)C(=O)N(CCCCCCN1C[C@H](O)[C@@H](O)C[C@H]1CO)C1CC1. The van der Waals surface area contributed by atoms with Gasteiger partial charge in [-0.2, -0.15) is 0 Å². The molecule has 26 heavy (non-hydrogen) atoms. The summed E-state index contributed by atoms with van der Waals surface area (Å²) in [7, 11) is 0. The Morgan fingerprint density at radius 2 is 1.73 bits per heavy atom. The van der Waals surface area contributed by atoms with Gasteiger partial charge in [0.2, 0.25) is 5.91 Å². The van der Waals surface area contributed by atoms with Gasteiger partial charge in [-0.15, -0.1) is 0 Å². The van der Waals surface area contributed by atoms with Gasteiger partial charge in [-0.05, 0) is 38.6 Å². The molecule has 0 spiro atoms. The zero-order valence-electron chi connectivity index (χ0n) is 16.7. The molecule has 1 amide bonds. The van der Waals surface area contributed by atoms with E-state index in [0.717, 1.165) is 51.6 Å². The molecule has 0 aromatic rings. The van der Waals surface area contributed by atoms with Crippen LogP contribution in [0.2, 0.25) is 0 Å². The molecule has 3 N–H and O–H groups in total. The lowest BCUT2D eigenvalue weighted by molar-refractivity contribution is -0.140. The maximum atomic E-state index is 12.6. The second kappa shape index (κ2) is 9.49. The lowest BCUT2D eigenvalue weighted by atomic mass is 9.94. The summed E-state index contributed by atoms with van der Waals surface area (Å²) in [4.78, 5) is 16.7. The molecule has 1 saturated heterocycles. The first-order valence-corrected chi connectivity index (χ1v) is 10.3. The van der Waals surface area contributed by atoms with Gasteiger partial charge in [0.25, 0.3) is 0 Å². The third-order valence-corrected chi connectivity index (χ3v) is 5.59. The van der Waals surface area contributed by atoms with Gasteiger partial charge in [0, 0.05) is 30.6 Å². The van der Waals surface area contributed by atoms with Crippen molar-refractivity contribution in [2.45, 2.75) is 90.0 Å². The van der Waals surface area contributed by atoms with E-state index in [1.165, 1.54) is 0 Å². The third kappa shape index (κ3) is 6.19. The van der Waals surface area contributed by atoms with Crippen LogP contribution in [-0.2, 0) is 4.79 Å². The zero-order chi connectivity index (χ0) is 19.3. The maximum absolute atomic E-state index is 12.6. The second-order valence-corrected chi connectivity index (χ2v) is 9.10. The van der Waals surface area contributed by atoms with Crippen LogP contribution >= 0.6 is 0 Å². The summed E-state index contributed by atoms with van der Waals surface area (Å²) in [6.07, 6.45) is 5.49. The molecule has 0 unspecified atom stereocenters. The van der Waals surface area contributed by atoms with Gasteiger partial charge in [0.15, 0.2) is 0 Å². The molecule has 2 rings (SSSR count). The largest absolute Gasteiger partial charge is 0.395 e. The Morgan fingerprint density at radius 3 is 2.31 bits per heavy atom. The summed E-state index contributed by atoms with van der Waals surface area (Å²) in [5.74, 6) is 0.270. The Hall–Kier alpha value is -0.690. The van der Waals surface area contributed by atoms with Crippen LogP contribution in [0.15, 0.2) is 0 Å². The first-order valence-electron chi connectivity index (χ1n) is 10.3. The second-order valence-electron chi connectivity index (χ2n) is 9.10. The summed E-state index contributed by atoms with van der Waals surface area (Å²) in [5, 5.41) is 29.0. The van der Waals surface area contributed by atoms with E-state index in [-0.39, 0.29) is 24.0 Å². The molecule has 152 valence electrons. The van der Waals surface area contributed by atoms with Crippen LogP contribution in [0.3, 0.4) is 0 Å². The van der Waals surface area contributed by atoms with Crippen LogP contribution in [0.25, 0.3) is 0 Å². The molecule has 1 aliphatic carbocycles. The molecule has 0 aromatic heterocycles. The molecular formula is C20H38N2O4. The normalized spacial score (nSPS) is 27.5. The molecule has 1 saturated carbocycles. The van der Waals surface area contributed by atoms with Crippen molar-refractivity contribution in [3.05, 3.63) is 0 Å². The number of rotatable bonds is 9. The van der Waals surface area contributed by atoms with E-state index in [9.17, 15) is 20.1 Å². The van der Waals surface area contributed by atoms with Crippen LogP contribution in [0.4, 0.5) is 0 Å². The number of aliphatic hydroxyl groups excluding tert-OH is 3. The minimum absolute atomic E-state index is 0.0229. The molecule has 2 aliphatic rings. The molecular weight excluding hydrogens is 332 g/mol. The monoisotopic (exact) mass is 370 g/mol. The molecule has 2 fully saturated rings. The fraction of sp³-hybridized carbons (Fsp3) is 0.950. The Bertz CT molecular complexity index is 448. The van der Waals surface area contributed by atoms with Crippen molar-refractivity contribution in [3.8, 4) is 0 Å². The number of hydrogen-bond donors (Lipinski definition) is 3. The van der Waals surface area contributed by atoms with Crippen molar-refractivity contribution < 1.29 is 20.1 Å². The number of amides is 1. The van der Waals surface area contributed by atoms with Gasteiger partial charge in [-0.1, -0.05) is 33.6 Å². The predicted molar refractivity (Wildman–Crippen MR) is 102 cm³/mol. The molecule has 3 atom stereocenters. The highest BCUT2D eigenvalue weighted by atomic mass is 16.3. The summed E-state index contributed by atoms with van der Waals surface area (Å²) < 4.78 is 0. The van der Waals surface area contributed by atoms with Crippen molar-refractivity contribution in [3.63, 3.8) is 0 Å². The van der Waals surface area contributed by atoms with Gasteiger partial charge in [0.1, 0.15) is 0 Å². The van der Waals surface area contributed by atoms with Crippen LogP contribution in [0.5, 0.6) is 0 Å². The van der Waals surface area contributed by atoms with Gasteiger partial charge in [0.05, 0.1) is 18.8 Å². The van der Waals surface area contributed by atoms with Crippen LogP contribution in [-0.4, -0.2) is 81.6 Å². The van der Waals surface area contributed by atoms with Crippen LogP contribution in [0.1, 0.15) is 65.7 Å². The topological polar surface area (TPSA) is 84.2 Å². The van der Waals surface area contributed by atoms with Crippen molar-refractivity contribution in [2.75, 3.05) is 26.2 Å². The number of β-amino-alcohol motifs (C(OH)–C–C–N with tert-alkyl or cyclic N) is 1. The van der Waals surface area contributed by atoms with E-state index in [0.29, 0.717) is 19.0 Å². The molecule has 0 bridgehead atoms. The van der Waals surface area contributed by atoms with E-state index in [4.69, 9.17) is 0 Å². The Kier molecular flexibility index (Phi) is 7.89. The molecule has 6 nitrogen and oxygen atoms in total. The summed E-state index contributed by atoms with van der Waals surface area (Å²) in [6, 6.07) is 0.413. The average Bonchev–Trinajstić information content (AvgIpc) is 3.40. The number of aliphatic hydroxyl groups is 3. The number of likely N-dealkylation sites (tertiary alicyclic amines) is 1. The smallest absolute Gasteiger partial charge is 0.228 e. The van der Waals surface area contributed by atoms with Gasteiger partial charge >= 0.3 is 0 Å².